The van der Waals surface area contributed by atoms with Crippen molar-refractivity contribution in [2.75, 3.05) is 41.8 Å². The average molecular weight is 588 g/mol. The fraction of sp³-hybridized carbons (Fsp3) is 0.269. The van der Waals surface area contributed by atoms with Gasteiger partial charge in [-0.25, -0.2) is 4.98 Å². The van der Waals surface area contributed by atoms with Gasteiger partial charge in [0.15, 0.2) is 5.57 Å². The summed E-state index contributed by atoms with van der Waals surface area (Å²) in [6.45, 7) is 1.13. The third-order valence-electron chi connectivity index (χ3n) is 5.75. The van der Waals surface area contributed by atoms with Crippen LogP contribution in [0, 0.1) is 11.3 Å². The molecule has 3 heterocycles. The van der Waals surface area contributed by atoms with Gasteiger partial charge in [0.05, 0.1) is 18.8 Å². The lowest BCUT2D eigenvalue weighted by atomic mass is 10.2. The Hall–Kier alpha value is -4.84. The summed E-state index contributed by atoms with van der Waals surface area (Å²) in [5.41, 5.74) is -0.343. The van der Waals surface area contributed by atoms with E-state index in [1.807, 2.05) is 29.2 Å². The summed E-state index contributed by atoms with van der Waals surface area (Å²) in [7, 11) is 0. The summed E-state index contributed by atoms with van der Waals surface area (Å²) in [6, 6.07) is 13.8. The van der Waals surface area contributed by atoms with Crippen LogP contribution in [0.4, 0.5) is 30.5 Å². The Morgan fingerprint density at radius 2 is 1.95 bits per heavy atom. The van der Waals surface area contributed by atoms with Crippen molar-refractivity contribution in [1.82, 2.24) is 14.9 Å². The molecule has 0 saturated carbocycles. The maximum Gasteiger partial charge on any atom is 0.405 e. The monoisotopic (exact) mass is 587 g/mol. The van der Waals surface area contributed by atoms with E-state index in [4.69, 9.17) is 4.74 Å². The van der Waals surface area contributed by atoms with Gasteiger partial charge in [-0.05, 0) is 31.2 Å². The smallest absolute Gasteiger partial charge is 0.405 e. The van der Waals surface area contributed by atoms with Gasteiger partial charge in [0.25, 0.3) is 11.5 Å². The molecule has 0 bridgehead atoms. The lowest BCUT2D eigenvalue weighted by molar-refractivity contribution is -0.135. The number of para-hydroxylation sites is 2. The van der Waals surface area contributed by atoms with Crippen LogP contribution in [0.2, 0.25) is 0 Å². The van der Waals surface area contributed by atoms with Gasteiger partial charge in [-0.2, -0.15) is 18.4 Å². The number of aromatic nitrogens is 2. The van der Waals surface area contributed by atoms with Crippen molar-refractivity contribution in [1.29, 1.82) is 5.26 Å². The molecule has 0 unspecified atom stereocenters. The number of carbonyl (C=O) groups excluding carboxylic acids is 2. The number of hydrogen-bond acceptors (Lipinski definition) is 9. The van der Waals surface area contributed by atoms with E-state index in [-0.39, 0.29) is 39.8 Å². The molecule has 2 amide bonds. The van der Waals surface area contributed by atoms with Crippen molar-refractivity contribution in [3.05, 3.63) is 62.0 Å². The van der Waals surface area contributed by atoms with Crippen LogP contribution in [-0.2, 0) is 16.1 Å². The van der Waals surface area contributed by atoms with E-state index in [0.717, 1.165) is 21.6 Å². The Morgan fingerprint density at radius 3 is 2.68 bits per heavy atom. The van der Waals surface area contributed by atoms with Gasteiger partial charge in [-0.1, -0.05) is 18.2 Å². The molecule has 3 N–H and O–H groups in total. The van der Waals surface area contributed by atoms with Gasteiger partial charge in [0, 0.05) is 12.7 Å². The topological polar surface area (TPSA) is 141 Å². The molecular weight excluding hydrogens is 563 g/mol. The van der Waals surface area contributed by atoms with E-state index in [2.05, 4.69) is 15.6 Å². The first-order valence-corrected chi connectivity index (χ1v) is 13.1. The zero-order chi connectivity index (χ0) is 29.6. The molecule has 4 rings (SSSR count). The van der Waals surface area contributed by atoms with Crippen LogP contribution in [0.3, 0.4) is 0 Å². The highest BCUT2D eigenvalue weighted by atomic mass is 32.1. The number of amides is 2. The first-order chi connectivity index (χ1) is 19.6. The number of fused-ring (bicyclic) bond motifs is 1. The number of rotatable bonds is 8. The Bertz CT molecular complexity index is 1680. The normalized spacial score (nSPS) is 13.9. The molecule has 41 heavy (non-hydrogen) atoms. The van der Waals surface area contributed by atoms with Crippen molar-refractivity contribution in [3.63, 3.8) is 0 Å². The second-order valence-electron chi connectivity index (χ2n) is 8.59. The van der Waals surface area contributed by atoms with Crippen LogP contribution in [-0.4, -0.2) is 53.8 Å². The zero-order valence-corrected chi connectivity index (χ0v) is 22.4. The predicted molar refractivity (Wildman–Crippen MR) is 147 cm³/mol. The van der Waals surface area contributed by atoms with Gasteiger partial charge >= 0.3 is 6.18 Å². The van der Waals surface area contributed by atoms with Gasteiger partial charge < -0.3 is 25.6 Å². The summed E-state index contributed by atoms with van der Waals surface area (Å²) in [6.07, 6.45) is -3.35. The van der Waals surface area contributed by atoms with E-state index >= 15 is 0 Å². The standard InChI is InChI=1S/C26H24F3N7O4S/c1-2-36-24(39)19(41-25(36)16(12-30)23(38)32-15-26(27,28)29)13-31-20-8-5-9-21(33-20)34-22(37)14-35-10-11-40-18-7-4-3-6-17(18)35/h3-9,13H,2,10-11,14-15H2,1H3,(H,32,38)(H2,31,33,34,37)/b19-13+,25-16-. The van der Waals surface area contributed by atoms with Gasteiger partial charge in [0.2, 0.25) is 5.91 Å². The molecule has 1 aliphatic rings. The number of alkyl halides is 3. The summed E-state index contributed by atoms with van der Waals surface area (Å²) < 4.78 is 44.3. The number of pyridine rings is 1. The second kappa shape index (κ2) is 12.6. The fourth-order valence-corrected chi connectivity index (χ4v) is 5.01. The minimum atomic E-state index is -4.66. The Morgan fingerprint density at radius 1 is 1.20 bits per heavy atom. The van der Waals surface area contributed by atoms with E-state index in [1.165, 1.54) is 6.20 Å². The van der Waals surface area contributed by atoms with Crippen molar-refractivity contribution in [2.24, 2.45) is 0 Å². The SMILES string of the molecule is CCn1c(=O)/c(=C\Nc2cccc(NC(=O)CN3CCOc4ccccc43)n2)s/c1=C(/C#N)C(=O)NCC(F)(F)F. The molecule has 2 aromatic heterocycles. The van der Waals surface area contributed by atoms with Crippen LogP contribution >= 0.6 is 11.3 Å². The molecule has 214 valence electrons. The van der Waals surface area contributed by atoms with Crippen LogP contribution < -0.4 is 40.3 Å². The molecule has 3 aromatic rings. The highest BCUT2D eigenvalue weighted by Gasteiger charge is 2.29. The quantitative estimate of drug-likeness (QED) is 0.359. The number of ether oxygens (including phenoxy) is 1. The van der Waals surface area contributed by atoms with Crippen molar-refractivity contribution in [3.8, 4) is 11.8 Å². The number of carbonyl (C=O) groups is 2. The minimum Gasteiger partial charge on any atom is -0.490 e. The molecule has 11 nitrogen and oxygen atoms in total. The van der Waals surface area contributed by atoms with E-state index < -0.39 is 29.8 Å². The fourth-order valence-electron chi connectivity index (χ4n) is 3.93. The number of hydrogen-bond donors (Lipinski definition) is 3. The number of halogens is 3. The van der Waals surface area contributed by atoms with Crippen LogP contribution in [0.15, 0.2) is 47.3 Å². The molecule has 15 heteroatoms. The molecule has 1 aliphatic heterocycles. The van der Waals surface area contributed by atoms with Crippen LogP contribution in [0.25, 0.3) is 11.8 Å². The largest absolute Gasteiger partial charge is 0.490 e. The van der Waals surface area contributed by atoms with Crippen LogP contribution in [0.1, 0.15) is 6.92 Å². The second-order valence-corrected chi connectivity index (χ2v) is 9.62. The molecule has 0 radical (unpaired) electrons. The molecule has 0 saturated heterocycles. The highest BCUT2D eigenvalue weighted by Crippen LogP contribution is 2.30. The lowest BCUT2D eigenvalue weighted by Gasteiger charge is -2.30. The van der Waals surface area contributed by atoms with Crippen molar-refractivity contribution < 1.29 is 27.5 Å². The summed E-state index contributed by atoms with van der Waals surface area (Å²) in [5, 5.41) is 16.7. The Kier molecular flexibility index (Phi) is 8.93. The molecule has 0 aliphatic carbocycles. The summed E-state index contributed by atoms with van der Waals surface area (Å²) in [5.74, 6) is -0.295. The molecular formula is C26H24F3N7O4S. The number of benzene rings is 1. The van der Waals surface area contributed by atoms with Gasteiger partial charge in [-0.15, -0.1) is 11.3 Å². The maximum atomic E-state index is 12.9. The van der Waals surface area contributed by atoms with E-state index in [9.17, 15) is 32.8 Å². The molecule has 0 atom stereocenters. The minimum absolute atomic E-state index is 0.0730. The number of thiazole rings is 1. The average Bonchev–Trinajstić information content (AvgIpc) is 3.25. The molecule has 0 fully saturated rings. The Labute approximate surface area is 235 Å². The van der Waals surface area contributed by atoms with Crippen molar-refractivity contribution in [2.45, 2.75) is 19.6 Å². The van der Waals surface area contributed by atoms with Gasteiger partial charge in [-0.3, -0.25) is 19.0 Å². The number of nitriles is 1. The molecule has 1 aromatic carbocycles. The highest BCUT2D eigenvalue weighted by molar-refractivity contribution is 7.07. The van der Waals surface area contributed by atoms with E-state index in [0.29, 0.717) is 18.9 Å². The number of anilines is 3. The van der Waals surface area contributed by atoms with Crippen LogP contribution in [0.5, 0.6) is 5.75 Å². The first kappa shape index (κ1) is 29.2. The van der Waals surface area contributed by atoms with Gasteiger partial charge in [0.1, 0.15) is 45.8 Å². The Balaban J connectivity index is 1.51. The lowest BCUT2D eigenvalue weighted by Crippen LogP contribution is -2.38. The third kappa shape index (κ3) is 7.22. The summed E-state index contributed by atoms with van der Waals surface area (Å²) >= 11 is 0.771. The van der Waals surface area contributed by atoms with Crippen molar-refractivity contribution >= 4 is 52.2 Å². The van der Waals surface area contributed by atoms with E-state index in [1.54, 1.807) is 36.5 Å². The third-order valence-corrected chi connectivity index (χ3v) is 6.88. The first-order valence-electron chi connectivity index (χ1n) is 12.3. The summed E-state index contributed by atoms with van der Waals surface area (Å²) in [4.78, 5) is 44.0. The number of nitrogens with one attached hydrogen (secondary N) is 3. The molecule has 0 spiro atoms. The number of nitrogens with zero attached hydrogens (tertiary/aromatic N) is 4. The predicted octanol–water partition coefficient (Wildman–Crippen LogP) is 1.37. The zero-order valence-electron chi connectivity index (χ0n) is 21.6. The maximum absolute atomic E-state index is 12.9.